The van der Waals surface area contributed by atoms with Gasteiger partial charge in [-0.05, 0) is 64.7 Å². The molecule has 0 aromatic rings. The Labute approximate surface area is 113 Å². The Hall–Kier alpha value is -0.120. The van der Waals surface area contributed by atoms with Crippen LogP contribution < -0.4 is 5.73 Å². The summed E-state index contributed by atoms with van der Waals surface area (Å²) in [7, 11) is 4.44. The summed E-state index contributed by atoms with van der Waals surface area (Å²) in [5.74, 6) is 1.62. The third-order valence-electron chi connectivity index (χ3n) is 5.15. The molecule has 106 valence electrons. The second kappa shape index (κ2) is 6.36. The molecular weight excluding hydrogens is 222 g/mol. The van der Waals surface area contributed by atoms with Gasteiger partial charge in [-0.2, -0.15) is 0 Å². The van der Waals surface area contributed by atoms with Crippen LogP contribution >= 0.6 is 0 Å². The van der Waals surface area contributed by atoms with Crippen molar-refractivity contribution in [3.63, 3.8) is 0 Å². The van der Waals surface area contributed by atoms with Gasteiger partial charge in [-0.25, -0.2) is 0 Å². The van der Waals surface area contributed by atoms with Crippen LogP contribution in [0.2, 0.25) is 0 Å². The van der Waals surface area contributed by atoms with Gasteiger partial charge >= 0.3 is 0 Å². The van der Waals surface area contributed by atoms with Crippen LogP contribution in [-0.4, -0.2) is 55.6 Å². The molecule has 1 heterocycles. The molecule has 0 aromatic heterocycles. The fourth-order valence-corrected chi connectivity index (χ4v) is 3.84. The number of nitrogens with zero attached hydrogens (tertiary/aromatic N) is 2. The molecule has 1 aliphatic heterocycles. The maximum atomic E-state index is 6.00. The molecule has 0 bridgehead atoms. The maximum absolute atomic E-state index is 6.00. The summed E-state index contributed by atoms with van der Waals surface area (Å²) in [6.45, 7) is 5.83. The smallest absolute Gasteiger partial charge is 0.0217 e. The summed E-state index contributed by atoms with van der Waals surface area (Å²) in [4.78, 5) is 5.15. The highest BCUT2D eigenvalue weighted by Crippen LogP contribution is 2.33. The van der Waals surface area contributed by atoms with Crippen LogP contribution in [0.15, 0.2) is 0 Å². The quantitative estimate of drug-likeness (QED) is 0.832. The van der Waals surface area contributed by atoms with Crippen molar-refractivity contribution in [2.75, 3.05) is 33.7 Å². The molecule has 0 radical (unpaired) electrons. The minimum absolute atomic E-state index is 0.738. The molecule has 0 aromatic carbocycles. The summed E-state index contributed by atoms with van der Waals surface area (Å²) in [6, 6.07) is 1.50. The molecular formula is C15H31N3. The molecule has 2 N–H and O–H groups in total. The zero-order valence-corrected chi connectivity index (χ0v) is 12.4. The molecule has 3 heteroatoms. The molecule has 1 saturated carbocycles. The Morgan fingerprint density at radius 2 is 2.00 bits per heavy atom. The largest absolute Gasteiger partial charge is 0.330 e. The highest BCUT2D eigenvalue weighted by atomic mass is 15.2. The predicted molar refractivity (Wildman–Crippen MR) is 77.6 cm³/mol. The van der Waals surface area contributed by atoms with Gasteiger partial charge in [0.25, 0.3) is 0 Å². The Morgan fingerprint density at radius 1 is 1.22 bits per heavy atom. The Bertz CT molecular complexity index is 254. The monoisotopic (exact) mass is 253 g/mol. The molecule has 2 aliphatic rings. The van der Waals surface area contributed by atoms with E-state index in [0.29, 0.717) is 0 Å². The zero-order chi connectivity index (χ0) is 13.1. The van der Waals surface area contributed by atoms with E-state index in [4.69, 9.17) is 5.73 Å². The highest BCUT2D eigenvalue weighted by molar-refractivity contribution is 4.90. The third-order valence-corrected chi connectivity index (χ3v) is 5.15. The maximum Gasteiger partial charge on any atom is 0.0217 e. The first-order valence-electron chi connectivity index (χ1n) is 7.72. The van der Waals surface area contributed by atoms with Crippen molar-refractivity contribution in [1.29, 1.82) is 0 Å². The van der Waals surface area contributed by atoms with Crippen LogP contribution in [0.4, 0.5) is 0 Å². The van der Waals surface area contributed by atoms with Gasteiger partial charge in [0.2, 0.25) is 0 Å². The van der Waals surface area contributed by atoms with Gasteiger partial charge in [0.1, 0.15) is 0 Å². The van der Waals surface area contributed by atoms with Crippen LogP contribution in [0.25, 0.3) is 0 Å². The van der Waals surface area contributed by atoms with E-state index >= 15 is 0 Å². The van der Waals surface area contributed by atoms with E-state index in [9.17, 15) is 0 Å². The van der Waals surface area contributed by atoms with Crippen LogP contribution in [0.1, 0.15) is 39.0 Å². The predicted octanol–water partition coefficient (Wildman–Crippen LogP) is 1.78. The van der Waals surface area contributed by atoms with Gasteiger partial charge in [-0.15, -0.1) is 0 Å². The lowest BCUT2D eigenvalue weighted by atomic mass is 9.77. The first-order chi connectivity index (χ1) is 8.61. The summed E-state index contributed by atoms with van der Waals surface area (Å²) in [6.07, 6.45) is 6.79. The second-order valence-electron chi connectivity index (χ2n) is 6.74. The molecule has 1 aliphatic carbocycles. The normalized spacial score (nSPS) is 39.2. The number of likely N-dealkylation sites (tertiary alicyclic amines) is 1. The van der Waals surface area contributed by atoms with E-state index in [1.165, 1.54) is 45.2 Å². The minimum atomic E-state index is 0.738. The van der Waals surface area contributed by atoms with Crippen molar-refractivity contribution in [1.82, 2.24) is 9.80 Å². The van der Waals surface area contributed by atoms with Gasteiger partial charge < -0.3 is 10.6 Å². The highest BCUT2D eigenvalue weighted by Gasteiger charge is 2.34. The number of piperidine rings is 1. The van der Waals surface area contributed by atoms with Crippen molar-refractivity contribution in [2.45, 2.75) is 51.1 Å². The lowest BCUT2D eigenvalue weighted by molar-refractivity contribution is 0.0389. The molecule has 0 amide bonds. The molecule has 4 unspecified atom stereocenters. The van der Waals surface area contributed by atoms with Gasteiger partial charge in [0, 0.05) is 18.6 Å². The average Bonchev–Trinajstić information content (AvgIpc) is 2.39. The third kappa shape index (κ3) is 3.25. The van der Waals surface area contributed by atoms with Crippen molar-refractivity contribution in [3.05, 3.63) is 0 Å². The van der Waals surface area contributed by atoms with E-state index in [-0.39, 0.29) is 0 Å². The second-order valence-corrected chi connectivity index (χ2v) is 6.74. The molecule has 18 heavy (non-hydrogen) atoms. The van der Waals surface area contributed by atoms with Crippen molar-refractivity contribution in [3.8, 4) is 0 Å². The molecule has 1 saturated heterocycles. The SMILES string of the molecule is CC1CCC(CN)C(N2CCCC(N(C)C)C2)C1. The number of likely N-dealkylation sites (N-methyl/N-ethyl adjacent to an activating group) is 1. The fourth-order valence-electron chi connectivity index (χ4n) is 3.84. The minimum Gasteiger partial charge on any atom is -0.330 e. The molecule has 2 rings (SSSR count). The molecule has 2 fully saturated rings. The van der Waals surface area contributed by atoms with E-state index in [1.807, 2.05) is 0 Å². The summed E-state index contributed by atoms with van der Waals surface area (Å²) in [5, 5.41) is 0. The summed E-state index contributed by atoms with van der Waals surface area (Å²) in [5.41, 5.74) is 6.00. The van der Waals surface area contributed by atoms with Gasteiger partial charge in [0.15, 0.2) is 0 Å². The first-order valence-corrected chi connectivity index (χ1v) is 7.72. The van der Waals surface area contributed by atoms with E-state index in [1.54, 1.807) is 0 Å². The average molecular weight is 253 g/mol. The van der Waals surface area contributed by atoms with Crippen LogP contribution in [0.5, 0.6) is 0 Å². The van der Waals surface area contributed by atoms with Gasteiger partial charge in [0.05, 0.1) is 0 Å². The van der Waals surface area contributed by atoms with Gasteiger partial charge in [-0.1, -0.05) is 13.3 Å². The van der Waals surface area contributed by atoms with Gasteiger partial charge in [-0.3, -0.25) is 4.90 Å². The Balaban J connectivity index is 1.99. The topological polar surface area (TPSA) is 32.5 Å². The van der Waals surface area contributed by atoms with Crippen LogP contribution in [0, 0.1) is 11.8 Å². The molecule has 3 nitrogen and oxygen atoms in total. The van der Waals surface area contributed by atoms with E-state index in [2.05, 4.69) is 30.8 Å². The summed E-state index contributed by atoms with van der Waals surface area (Å²) < 4.78 is 0. The lowest BCUT2D eigenvalue weighted by Crippen LogP contribution is -2.53. The number of hydrogen-bond donors (Lipinski definition) is 1. The van der Waals surface area contributed by atoms with E-state index < -0.39 is 0 Å². The van der Waals surface area contributed by atoms with E-state index in [0.717, 1.165) is 30.5 Å². The number of nitrogens with two attached hydrogens (primary N) is 1. The van der Waals surface area contributed by atoms with Crippen molar-refractivity contribution < 1.29 is 0 Å². The standard InChI is InChI=1S/C15H31N3/c1-12-6-7-13(10-16)15(9-12)18-8-4-5-14(11-18)17(2)3/h12-15H,4-11,16H2,1-3H3. The summed E-state index contributed by atoms with van der Waals surface area (Å²) >= 11 is 0. The molecule has 4 atom stereocenters. The first kappa shape index (κ1) is 14.3. The number of rotatable bonds is 3. The van der Waals surface area contributed by atoms with Crippen LogP contribution in [-0.2, 0) is 0 Å². The Morgan fingerprint density at radius 3 is 2.67 bits per heavy atom. The van der Waals surface area contributed by atoms with Crippen molar-refractivity contribution >= 4 is 0 Å². The molecule has 0 spiro atoms. The zero-order valence-electron chi connectivity index (χ0n) is 12.4. The fraction of sp³-hybridized carbons (Fsp3) is 1.00. The van der Waals surface area contributed by atoms with Crippen molar-refractivity contribution in [2.24, 2.45) is 17.6 Å². The Kier molecular flexibility index (Phi) is 5.05. The van der Waals surface area contributed by atoms with Crippen LogP contribution in [0.3, 0.4) is 0 Å². The lowest BCUT2D eigenvalue weighted by Gasteiger charge is -2.46. The number of hydrogen-bond acceptors (Lipinski definition) is 3.